The van der Waals surface area contributed by atoms with E-state index in [0.29, 0.717) is 22.7 Å². The highest BCUT2D eigenvalue weighted by atomic mass is 16.5. The molecular weight excluding hydrogens is 308 g/mol. The van der Waals surface area contributed by atoms with Crippen molar-refractivity contribution >= 4 is 29.0 Å². The molecule has 0 aliphatic heterocycles. The topological polar surface area (TPSA) is 84.5 Å². The minimum atomic E-state index is -0.447. The quantitative estimate of drug-likeness (QED) is 0.631. The van der Waals surface area contributed by atoms with Crippen LogP contribution in [0.1, 0.15) is 23.7 Å². The molecule has 0 bridgehead atoms. The Bertz CT molecular complexity index is 754. The minimum absolute atomic E-state index is 0.0518. The van der Waals surface area contributed by atoms with E-state index in [9.17, 15) is 14.4 Å². The van der Waals surface area contributed by atoms with E-state index >= 15 is 0 Å². The average molecular weight is 326 g/mol. The minimum Gasteiger partial charge on any atom is -0.495 e. The number of hydrogen-bond acceptors (Lipinski definition) is 4. The maximum absolute atomic E-state index is 12.0. The smallest absolute Gasteiger partial charge is 0.233 e. The van der Waals surface area contributed by atoms with Crippen LogP contribution in [-0.4, -0.2) is 24.7 Å². The number of carbonyl (C=O) groups is 3. The number of Topliss-reactive ketones (excluding diaryl/α,β-unsaturated/α-hetero) is 1. The number of para-hydroxylation sites is 2. The van der Waals surface area contributed by atoms with Crippen LogP contribution in [0.3, 0.4) is 0 Å². The number of nitrogens with one attached hydrogen (secondary N) is 2. The standard InChI is InChI=1S/C18H18N2O4/c1-12(21)13-7-9-14(10-8-13)19-17(22)11-18(23)20-15-5-3-4-6-16(15)24-2/h3-10H,11H2,1-2H3,(H,19,22)(H,20,23). The van der Waals surface area contributed by atoms with Gasteiger partial charge in [-0.1, -0.05) is 12.1 Å². The highest BCUT2D eigenvalue weighted by molar-refractivity contribution is 6.08. The lowest BCUT2D eigenvalue weighted by atomic mass is 10.1. The molecule has 124 valence electrons. The van der Waals surface area contributed by atoms with Crippen LogP contribution in [0.5, 0.6) is 5.75 Å². The first kappa shape index (κ1) is 17.2. The molecule has 2 N–H and O–H groups in total. The maximum atomic E-state index is 12.0. The van der Waals surface area contributed by atoms with Crippen molar-refractivity contribution in [2.75, 3.05) is 17.7 Å². The number of ether oxygens (including phenoxy) is 1. The third-order valence-corrected chi connectivity index (χ3v) is 3.28. The Morgan fingerprint density at radius 2 is 1.54 bits per heavy atom. The fourth-order valence-corrected chi connectivity index (χ4v) is 2.08. The summed E-state index contributed by atoms with van der Waals surface area (Å²) in [6.45, 7) is 1.47. The predicted octanol–water partition coefficient (Wildman–Crippen LogP) is 2.87. The SMILES string of the molecule is COc1ccccc1NC(=O)CC(=O)Nc1ccc(C(C)=O)cc1. The highest BCUT2D eigenvalue weighted by Crippen LogP contribution is 2.23. The van der Waals surface area contributed by atoms with Crippen LogP contribution in [0.15, 0.2) is 48.5 Å². The predicted molar refractivity (Wildman–Crippen MR) is 91.3 cm³/mol. The summed E-state index contributed by atoms with van der Waals surface area (Å²) in [5.41, 5.74) is 1.58. The second-order valence-electron chi connectivity index (χ2n) is 5.11. The van der Waals surface area contributed by atoms with E-state index in [1.165, 1.54) is 14.0 Å². The molecule has 0 aliphatic carbocycles. The van der Waals surface area contributed by atoms with E-state index in [1.807, 2.05) is 0 Å². The van der Waals surface area contributed by atoms with E-state index in [0.717, 1.165) is 0 Å². The Kier molecular flexibility index (Phi) is 5.68. The van der Waals surface area contributed by atoms with Crippen LogP contribution in [0, 0.1) is 0 Å². The third kappa shape index (κ3) is 4.67. The van der Waals surface area contributed by atoms with Gasteiger partial charge in [0.25, 0.3) is 0 Å². The van der Waals surface area contributed by atoms with Crippen molar-refractivity contribution in [3.63, 3.8) is 0 Å². The lowest BCUT2D eigenvalue weighted by Crippen LogP contribution is -2.21. The molecule has 6 heteroatoms. The third-order valence-electron chi connectivity index (χ3n) is 3.28. The van der Waals surface area contributed by atoms with Crippen LogP contribution in [0.4, 0.5) is 11.4 Å². The molecule has 0 radical (unpaired) electrons. The molecule has 0 saturated carbocycles. The second-order valence-corrected chi connectivity index (χ2v) is 5.11. The molecule has 0 fully saturated rings. The zero-order chi connectivity index (χ0) is 17.5. The summed E-state index contributed by atoms with van der Waals surface area (Å²) < 4.78 is 5.13. The molecule has 2 amide bonds. The van der Waals surface area contributed by atoms with Crippen LogP contribution >= 0.6 is 0 Å². The number of amides is 2. The van der Waals surface area contributed by atoms with E-state index in [-0.39, 0.29) is 12.2 Å². The van der Waals surface area contributed by atoms with Gasteiger partial charge in [0.2, 0.25) is 11.8 Å². The molecule has 0 aromatic heterocycles. The molecule has 0 aliphatic rings. The Labute approximate surface area is 139 Å². The summed E-state index contributed by atoms with van der Waals surface area (Å²) in [6, 6.07) is 13.4. The number of methoxy groups -OCH3 is 1. The summed E-state index contributed by atoms with van der Waals surface area (Å²) in [5, 5.41) is 5.24. The molecule has 2 aromatic rings. The lowest BCUT2D eigenvalue weighted by molar-refractivity contribution is -0.123. The molecule has 0 atom stereocenters. The van der Waals surface area contributed by atoms with Crippen molar-refractivity contribution in [1.29, 1.82) is 0 Å². The van der Waals surface area contributed by atoms with Crippen molar-refractivity contribution in [2.24, 2.45) is 0 Å². The molecule has 6 nitrogen and oxygen atoms in total. The molecule has 0 heterocycles. The number of rotatable bonds is 6. The Hall–Kier alpha value is -3.15. The van der Waals surface area contributed by atoms with E-state index < -0.39 is 11.8 Å². The maximum Gasteiger partial charge on any atom is 0.233 e. The second kappa shape index (κ2) is 7.92. The fraction of sp³-hybridized carbons (Fsp3) is 0.167. The van der Waals surface area contributed by atoms with E-state index in [1.54, 1.807) is 48.5 Å². The molecule has 0 unspecified atom stereocenters. The van der Waals surface area contributed by atoms with Gasteiger partial charge in [-0.05, 0) is 43.3 Å². The largest absolute Gasteiger partial charge is 0.495 e. The van der Waals surface area contributed by atoms with Gasteiger partial charge in [0.15, 0.2) is 5.78 Å². The molecule has 0 spiro atoms. The van der Waals surface area contributed by atoms with Gasteiger partial charge in [-0.25, -0.2) is 0 Å². The summed E-state index contributed by atoms with van der Waals surface area (Å²) in [4.78, 5) is 35.1. The number of carbonyl (C=O) groups excluding carboxylic acids is 3. The van der Waals surface area contributed by atoms with Gasteiger partial charge in [0.05, 0.1) is 12.8 Å². The molecule has 0 saturated heterocycles. The van der Waals surface area contributed by atoms with Crippen LogP contribution in [0.25, 0.3) is 0 Å². The van der Waals surface area contributed by atoms with Crippen molar-refractivity contribution in [2.45, 2.75) is 13.3 Å². The number of benzene rings is 2. The molecule has 24 heavy (non-hydrogen) atoms. The number of anilines is 2. The van der Waals surface area contributed by atoms with Gasteiger partial charge >= 0.3 is 0 Å². The first-order valence-corrected chi connectivity index (χ1v) is 7.33. The van der Waals surface area contributed by atoms with Gasteiger partial charge in [-0.3, -0.25) is 14.4 Å². The van der Waals surface area contributed by atoms with Gasteiger partial charge in [0, 0.05) is 11.3 Å². The summed E-state index contributed by atoms with van der Waals surface area (Å²) in [5.74, 6) is -0.425. The van der Waals surface area contributed by atoms with Crippen molar-refractivity contribution in [3.05, 3.63) is 54.1 Å². The molecule has 2 rings (SSSR count). The summed E-state index contributed by atoms with van der Waals surface area (Å²) >= 11 is 0. The van der Waals surface area contributed by atoms with E-state index in [4.69, 9.17) is 4.74 Å². The zero-order valence-electron chi connectivity index (χ0n) is 13.5. The van der Waals surface area contributed by atoms with Crippen molar-refractivity contribution < 1.29 is 19.1 Å². The Balaban J connectivity index is 1.92. The van der Waals surface area contributed by atoms with Crippen LogP contribution in [-0.2, 0) is 9.59 Å². The molecule has 2 aromatic carbocycles. The Morgan fingerprint density at radius 1 is 0.917 bits per heavy atom. The summed E-state index contributed by atoms with van der Waals surface area (Å²) in [6.07, 6.45) is -0.327. The summed E-state index contributed by atoms with van der Waals surface area (Å²) in [7, 11) is 1.50. The van der Waals surface area contributed by atoms with Gasteiger partial charge in [0.1, 0.15) is 12.2 Å². The zero-order valence-corrected chi connectivity index (χ0v) is 13.5. The van der Waals surface area contributed by atoms with Gasteiger partial charge in [-0.15, -0.1) is 0 Å². The lowest BCUT2D eigenvalue weighted by Gasteiger charge is -2.10. The first-order chi connectivity index (χ1) is 11.5. The number of hydrogen-bond donors (Lipinski definition) is 2. The van der Waals surface area contributed by atoms with E-state index in [2.05, 4.69) is 10.6 Å². The Morgan fingerprint density at radius 3 is 2.17 bits per heavy atom. The highest BCUT2D eigenvalue weighted by Gasteiger charge is 2.12. The van der Waals surface area contributed by atoms with Crippen LogP contribution < -0.4 is 15.4 Å². The van der Waals surface area contributed by atoms with Crippen molar-refractivity contribution in [3.8, 4) is 5.75 Å². The first-order valence-electron chi connectivity index (χ1n) is 7.33. The fourth-order valence-electron chi connectivity index (χ4n) is 2.08. The average Bonchev–Trinajstić information content (AvgIpc) is 2.55. The van der Waals surface area contributed by atoms with Crippen molar-refractivity contribution in [1.82, 2.24) is 0 Å². The van der Waals surface area contributed by atoms with Gasteiger partial charge < -0.3 is 15.4 Å². The molecular formula is C18H18N2O4. The van der Waals surface area contributed by atoms with Gasteiger partial charge in [-0.2, -0.15) is 0 Å². The monoisotopic (exact) mass is 326 g/mol. The normalized spacial score (nSPS) is 9.92. The number of ketones is 1. The van der Waals surface area contributed by atoms with Crippen LogP contribution in [0.2, 0.25) is 0 Å².